The third-order valence-corrected chi connectivity index (χ3v) is 4.00. The van der Waals surface area contributed by atoms with Gasteiger partial charge in [0, 0.05) is 0 Å². The molecular weight excluding hydrogens is 299 g/mol. The van der Waals surface area contributed by atoms with Crippen molar-refractivity contribution in [3.05, 3.63) is 46.0 Å². The Labute approximate surface area is 125 Å². The molecule has 114 valence electrons. The maximum Gasteiger partial charge on any atom is 0.416 e. The highest BCUT2D eigenvalue weighted by Gasteiger charge is 2.36. The van der Waals surface area contributed by atoms with Gasteiger partial charge in [-0.15, -0.1) is 5.10 Å². The summed E-state index contributed by atoms with van der Waals surface area (Å²) in [6.07, 6.45) is -3.74. The number of aromatic nitrogens is 2. The van der Waals surface area contributed by atoms with Crippen LogP contribution < -0.4 is 5.32 Å². The summed E-state index contributed by atoms with van der Waals surface area (Å²) in [5.74, 6) is 0. The summed E-state index contributed by atoms with van der Waals surface area (Å²) in [5.41, 5.74) is 0.335. The van der Waals surface area contributed by atoms with Crippen molar-refractivity contribution in [1.29, 1.82) is 0 Å². The standard InChI is InChI=1S/C14H16F3N3S/c1-3-11-13(21-20-19-11)12(18-4-2)9-7-5-6-8-10(9)14(15,16)17/h5-8,12,18H,3-4H2,1-2H3. The maximum atomic E-state index is 13.2. The van der Waals surface area contributed by atoms with E-state index in [9.17, 15) is 13.2 Å². The van der Waals surface area contributed by atoms with E-state index in [1.165, 1.54) is 12.1 Å². The lowest BCUT2D eigenvalue weighted by atomic mass is 9.97. The number of hydrogen-bond donors (Lipinski definition) is 1. The SMILES string of the molecule is CCNC(c1ccccc1C(F)(F)F)c1snnc1CC. The van der Waals surface area contributed by atoms with Gasteiger partial charge < -0.3 is 5.32 Å². The number of halogens is 3. The second-order valence-corrected chi connectivity index (χ2v) is 5.30. The fraction of sp³-hybridized carbons (Fsp3) is 0.429. The molecule has 0 aliphatic carbocycles. The quantitative estimate of drug-likeness (QED) is 0.911. The van der Waals surface area contributed by atoms with Gasteiger partial charge in [0.15, 0.2) is 0 Å². The van der Waals surface area contributed by atoms with Crippen LogP contribution in [-0.2, 0) is 12.6 Å². The number of alkyl halides is 3. The predicted molar refractivity (Wildman–Crippen MR) is 76.3 cm³/mol. The molecule has 2 rings (SSSR count). The molecule has 1 N–H and O–H groups in total. The fourth-order valence-corrected chi connectivity index (χ4v) is 3.07. The number of nitrogens with one attached hydrogen (secondary N) is 1. The molecule has 0 spiro atoms. The van der Waals surface area contributed by atoms with Crippen molar-refractivity contribution in [1.82, 2.24) is 14.9 Å². The average molecular weight is 315 g/mol. The van der Waals surface area contributed by atoms with E-state index in [4.69, 9.17) is 0 Å². The molecule has 2 aromatic rings. The zero-order valence-electron chi connectivity index (χ0n) is 11.7. The Hall–Kier alpha value is -1.47. The summed E-state index contributed by atoms with van der Waals surface area (Å²) in [7, 11) is 0. The fourth-order valence-electron chi connectivity index (χ4n) is 2.23. The Bertz CT molecular complexity index is 595. The van der Waals surface area contributed by atoms with Crippen LogP contribution in [0.4, 0.5) is 13.2 Å². The summed E-state index contributed by atoms with van der Waals surface area (Å²) in [5, 5.41) is 7.12. The summed E-state index contributed by atoms with van der Waals surface area (Å²) in [4.78, 5) is 0.746. The molecule has 3 nitrogen and oxygen atoms in total. The second kappa shape index (κ2) is 6.53. The van der Waals surface area contributed by atoms with E-state index < -0.39 is 17.8 Å². The summed E-state index contributed by atoms with van der Waals surface area (Å²) in [6, 6.07) is 5.10. The van der Waals surface area contributed by atoms with Crippen LogP contribution in [0.1, 0.15) is 41.6 Å². The molecule has 0 fully saturated rings. The highest BCUT2D eigenvalue weighted by Crippen LogP contribution is 2.37. The van der Waals surface area contributed by atoms with Crippen LogP contribution in [0.2, 0.25) is 0 Å². The molecule has 1 aromatic heterocycles. The van der Waals surface area contributed by atoms with Gasteiger partial charge in [-0.3, -0.25) is 0 Å². The van der Waals surface area contributed by atoms with Crippen LogP contribution in [0.15, 0.2) is 24.3 Å². The van der Waals surface area contributed by atoms with E-state index in [0.717, 1.165) is 28.2 Å². The monoisotopic (exact) mass is 315 g/mol. The van der Waals surface area contributed by atoms with Gasteiger partial charge in [-0.05, 0) is 36.1 Å². The number of aryl methyl sites for hydroxylation is 1. The van der Waals surface area contributed by atoms with Gasteiger partial charge in [-0.2, -0.15) is 13.2 Å². The summed E-state index contributed by atoms with van der Waals surface area (Å²) in [6.45, 7) is 4.33. The van der Waals surface area contributed by atoms with E-state index in [1.54, 1.807) is 6.07 Å². The molecule has 0 saturated heterocycles. The van der Waals surface area contributed by atoms with Gasteiger partial charge >= 0.3 is 6.18 Å². The molecule has 0 aliphatic rings. The summed E-state index contributed by atoms with van der Waals surface area (Å²) >= 11 is 1.15. The Morgan fingerprint density at radius 1 is 1.24 bits per heavy atom. The van der Waals surface area contributed by atoms with Crippen molar-refractivity contribution in [2.45, 2.75) is 32.5 Å². The van der Waals surface area contributed by atoms with Crippen LogP contribution in [0.5, 0.6) is 0 Å². The Balaban J connectivity index is 2.54. The van der Waals surface area contributed by atoms with Gasteiger partial charge in [-0.25, -0.2) is 0 Å². The third-order valence-electron chi connectivity index (χ3n) is 3.17. The minimum atomic E-state index is -4.38. The smallest absolute Gasteiger partial charge is 0.306 e. The van der Waals surface area contributed by atoms with Crippen molar-refractivity contribution < 1.29 is 13.2 Å². The Kier molecular flexibility index (Phi) is 4.95. The van der Waals surface area contributed by atoms with Crippen LogP contribution in [0, 0.1) is 0 Å². The first-order chi connectivity index (χ1) is 9.99. The molecule has 1 aromatic carbocycles. The normalized spacial score (nSPS) is 13.4. The lowest BCUT2D eigenvalue weighted by molar-refractivity contribution is -0.138. The Morgan fingerprint density at radius 2 is 1.95 bits per heavy atom. The molecule has 1 unspecified atom stereocenters. The summed E-state index contributed by atoms with van der Waals surface area (Å²) < 4.78 is 43.5. The van der Waals surface area contributed by atoms with Gasteiger partial charge in [-0.1, -0.05) is 36.5 Å². The first-order valence-electron chi connectivity index (χ1n) is 6.69. The second-order valence-electron chi connectivity index (χ2n) is 4.51. The van der Waals surface area contributed by atoms with Gasteiger partial charge in [0.25, 0.3) is 0 Å². The number of hydrogen-bond acceptors (Lipinski definition) is 4. The van der Waals surface area contributed by atoms with Crippen molar-refractivity contribution in [2.75, 3.05) is 6.54 Å². The lowest BCUT2D eigenvalue weighted by Crippen LogP contribution is -2.25. The first kappa shape index (κ1) is 15.9. The largest absolute Gasteiger partial charge is 0.416 e. The number of benzene rings is 1. The predicted octanol–water partition coefficient (Wildman–Crippen LogP) is 3.82. The van der Waals surface area contributed by atoms with Crippen LogP contribution >= 0.6 is 11.5 Å². The molecule has 0 amide bonds. The zero-order valence-corrected chi connectivity index (χ0v) is 12.6. The minimum Gasteiger partial charge on any atom is -0.306 e. The lowest BCUT2D eigenvalue weighted by Gasteiger charge is -2.21. The van der Waals surface area contributed by atoms with E-state index in [2.05, 4.69) is 14.9 Å². The number of rotatable bonds is 5. The highest BCUT2D eigenvalue weighted by molar-refractivity contribution is 7.05. The molecule has 7 heteroatoms. The van der Waals surface area contributed by atoms with Crippen molar-refractivity contribution >= 4 is 11.5 Å². The van der Waals surface area contributed by atoms with Gasteiger partial charge in [0.2, 0.25) is 0 Å². The zero-order chi connectivity index (χ0) is 15.5. The topological polar surface area (TPSA) is 37.8 Å². The van der Waals surface area contributed by atoms with Crippen LogP contribution in [-0.4, -0.2) is 16.1 Å². The van der Waals surface area contributed by atoms with Gasteiger partial charge in [0.05, 0.1) is 22.2 Å². The maximum absolute atomic E-state index is 13.2. The minimum absolute atomic E-state index is 0.215. The van der Waals surface area contributed by atoms with E-state index in [0.29, 0.717) is 13.0 Å². The highest BCUT2D eigenvalue weighted by atomic mass is 32.1. The number of nitrogens with zero attached hydrogens (tertiary/aromatic N) is 2. The van der Waals surface area contributed by atoms with E-state index >= 15 is 0 Å². The first-order valence-corrected chi connectivity index (χ1v) is 7.47. The molecular formula is C14H16F3N3S. The molecule has 21 heavy (non-hydrogen) atoms. The molecule has 0 aliphatic heterocycles. The third kappa shape index (κ3) is 3.41. The van der Waals surface area contributed by atoms with Crippen LogP contribution in [0.25, 0.3) is 0 Å². The molecule has 0 bridgehead atoms. The van der Waals surface area contributed by atoms with Crippen molar-refractivity contribution in [2.24, 2.45) is 0 Å². The Morgan fingerprint density at radius 3 is 2.57 bits per heavy atom. The van der Waals surface area contributed by atoms with Gasteiger partial charge in [0.1, 0.15) is 0 Å². The molecule has 1 heterocycles. The molecule has 0 radical (unpaired) electrons. The van der Waals surface area contributed by atoms with Crippen molar-refractivity contribution in [3.63, 3.8) is 0 Å². The molecule has 1 atom stereocenters. The average Bonchev–Trinajstić information content (AvgIpc) is 2.92. The van der Waals surface area contributed by atoms with E-state index in [-0.39, 0.29) is 5.56 Å². The molecule has 0 saturated carbocycles. The van der Waals surface area contributed by atoms with Crippen molar-refractivity contribution in [3.8, 4) is 0 Å². The van der Waals surface area contributed by atoms with Crippen LogP contribution in [0.3, 0.4) is 0 Å². The van der Waals surface area contributed by atoms with E-state index in [1.807, 2.05) is 13.8 Å².